The van der Waals surface area contributed by atoms with Crippen molar-refractivity contribution in [3.63, 3.8) is 0 Å². The summed E-state index contributed by atoms with van der Waals surface area (Å²) in [7, 11) is 0. The van der Waals surface area contributed by atoms with Crippen molar-refractivity contribution in [1.82, 2.24) is 5.32 Å². The monoisotopic (exact) mass is 321 g/mol. The van der Waals surface area contributed by atoms with Crippen LogP contribution in [0.25, 0.3) is 0 Å². The molecule has 2 aromatic rings. The maximum atomic E-state index is 5.58. The van der Waals surface area contributed by atoms with E-state index in [2.05, 4.69) is 37.0 Å². The zero-order chi connectivity index (χ0) is 15.2. The Hall–Kier alpha value is -1.71. The van der Waals surface area contributed by atoms with Crippen LogP contribution < -0.4 is 10.1 Å². The molecular weight excluding hydrogens is 298 g/mol. The molecule has 4 heteroatoms. The first-order chi connectivity index (χ1) is 10.1. The Kier molecular flexibility index (Phi) is 7.22. The van der Waals surface area contributed by atoms with Crippen molar-refractivity contribution in [2.24, 2.45) is 0 Å². The molecule has 0 spiro atoms. The number of halogens is 1. The Morgan fingerprint density at radius 3 is 2.50 bits per heavy atom. The molecule has 1 heterocycles. The molecule has 0 fully saturated rings. The molecule has 0 aliphatic rings. The summed E-state index contributed by atoms with van der Waals surface area (Å²) in [4.78, 5) is 0. The molecule has 3 nitrogen and oxygen atoms in total. The van der Waals surface area contributed by atoms with Crippen LogP contribution in [0.3, 0.4) is 0 Å². The minimum atomic E-state index is 0. The van der Waals surface area contributed by atoms with Crippen LogP contribution in [0.15, 0.2) is 47.4 Å². The van der Waals surface area contributed by atoms with E-state index in [1.165, 1.54) is 11.1 Å². The van der Waals surface area contributed by atoms with E-state index in [4.69, 9.17) is 9.15 Å². The lowest BCUT2D eigenvalue weighted by Crippen LogP contribution is -2.18. The van der Waals surface area contributed by atoms with Crippen LogP contribution in [0.4, 0.5) is 0 Å². The number of benzene rings is 1. The van der Waals surface area contributed by atoms with Crippen molar-refractivity contribution in [3.05, 3.63) is 65.6 Å². The van der Waals surface area contributed by atoms with Crippen LogP contribution in [0.5, 0.6) is 5.75 Å². The van der Waals surface area contributed by atoms with Gasteiger partial charge in [0.2, 0.25) is 0 Å². The van der Waals surface area contributed by atoms with Crippen molar-refractivity contribution in [1.29, 1.82) is 0 Å². The SMILES string of the molecule is C=CCOc1ccc(CNC(C)c2cc(C)oc2C)cc1.Cl. The minimum Gasteiger partial charge on any atom is -0.490 e. The van der Waals surface area contributed by atoms with Crippen molar-refractivity contribution in [2.75, 3.05) is 6.61 Å². The highest BCUT2D eigenvalue weighted by Gasteiger charge is 2.11. The summed E-state index contributed by atoms with van der Waals surface area (Å²) in [6.45, 7) is 11.1. The van der Waals surface area contributed by atoms with Crippen molar-refractivity contribution in [2.45, 2.75) is 33.4 Å². The summed E-state index contributed by atoms with van der Waals surface area (Å²) in [6, 6.07) is 10.5. The molecule has 0 aliphatic carbocycles. The quantitative estimate of drug-likeness (QED) is 0.748. The lowest BCUT2D eigenvalue weighted by Gasteiger charge is -2.13. The number of hydrogen-bond acceptors (Lipinski definition) is 3. The topological polar surface area (TPSA) is 34.4 Å². The first-order valence-corrected chi connectivity index (χ1v) is 7.23. The van der Waals surface area contributed by atoms with Crippen molar-refractivity contribution >= 4 is 12.4 Å². The molecule has 22 heavy (non-hydrogen) atoms. The van der Waals surface area contributed by atoms with Crippen LogP contribution in [-0.2, 0) is 6.54 Å². The molecule has 0 saturated carbocycles. The third-order valence-electron chi connectivity index (χ3n) is 3.45. The number of ether oxygens (including phenoxy) is 1. The lowest BCUT2D eigenvalue weighted by molar-refractivity contribution is 0.363. The average molecular weight is 322 g/mol. The van der Waals surface area contributed by atoms with Gasteiger partial charge >= 0.3 is 0 Å². The largest absolute Gasteiger partial charge is 0.490 e. The smallest absolute Gasteiger partial charge is 0.119 e. The first kappa shape index (κ1) is 18.3. The second-order valence-corrected chi connectivity index (χ2v) is 5.21. The molecule has 1 aromatic heterocycles. The van der Waals surface area contributed by atoms with Gasteiger partial charge in [-0.05, 0) is 44.5 Å². The van der Waals surface area contributed by atoms with Crippen LogP contribution in [0, 0.1) is 13.8 Å². The second kappa shape index (κ2) is 8.66. The van der Waals surface area contributed by atoms with Crippen LogP contribution >= 0.6 is 12.4 Å². The summed E-state index contributed by atoms with van der Waals surface area (Å²) in [5, 5.41) is 3.52. The van der Waals surface area contributed by atoms with Gasteiger partial charge in [-0.3, -0.25) is 0 Å². The van der Waals surface area contributed by atoms with E-state index in [0.29, 0.717) is 6.61 Å². The maximum absolute atomic E-state index is 5.58. The molecule has 1 aromatic carbocycles. The van der Waals surface area contributed by atoms with Crippen LogP contribution in [-0.4, -0.2) is 6.61 Å². The predicted molar refractivity (Wildman–Crippen MR) is 92.8 cm³/mol. The molecule has 1 N–H and O–H groups in total. The van der Waals surface area contributed by atoms with Gasteiger partial charge in [0.05, 0.1) is 0 Å². The van der Waals surface area contributed by atoms with Crippen LogP contribution in [0.2, 0.25) is 0 Å². The zero-order valence-corrected chi connectivity index (χ0v) is 14.2. The summed E-state index contributed by atoms with van der Waals surface area (Å²) in [5.41, 5.74) is 2.45. The van der Waals surface area contributed by atoms with Gasteiger partial charge in [0.15, 0.2) is 0 Å². The molecule has 0 bridgehead atoms. The average Bonchev–Trinajstić information content (AvgIpc) is 2.82. The molecule has 0 radical (unpaired) electrons. The van der Waals surface area contributed by atoms with Crippen molar-refractivity contribution in [3.8, 4) is 5.75 Å². The van der Waals surface area contributed by atoms with E-state index < -0.39 is 0 Å². The Balaban J connectivity index is 0.00000242. The van der Waals surface area contributed by atoms with E-state index in [0.717, 1.165) is 23.8 Å². The van der Waals surface area contributed by atoms with Gasteiger partial charge in [0.1, 0.15) is 23.9 Å². The predicted octanol–water partition coefficient (Wildman–Crippen LogP) is 4.73. The third kappa shape index (κ3) is 4.93. The highest BCUT2D eigenvalue weighted by atomic mass is 35.5. The number of rotatable bonds is 7. The minimum absolute atomic E-state index is 0. The molecule has 120 valence electrons. The summed E-state index contributed by atoms with van der Waals surface area (Å²) >= 11 is 0. The maximum Gasteiger partial charge on any atom is 0.119 e. The van der Waals surface area contributed by atoms with Gasteiger partial charge in [-0.15, -0.1) is 12.4 Å². The van der Waals surface area contributed by atoms with E-state index in [-0.39, 0.29) is 18.4 Å². The highest BCUT2D eigenvalue weighted by Crippen LogP contribution is 2.21. The third-order valence-corrected chi connectivity index (χ3v) is 3.45. The number of hydrogen-bond donors (Lipinski definition) is 1. The summed E-state index contributed by atoms with van der Waals surface area (Å²) in [5.74, 6) is 2.81. The standard InChI is InChI=1S/C18H23NO2.ClH/c1-5-10-20-17-8-6-16(7-9-17)12-19-14(3)18-11-13(2)21-15(18)4;/h5-9,11,14,19H,1,10,12H2,2-4H3;1H. The molecule has 0 aliphatic heterocycles. The summed E-state index contributed by atoms with van der Waals surface area (Å²) in [6.07, 6.45) is 1.74. The van der Waals surface area contributed by atoms with Gasteiger partial charge in [0, 0.05) is 18.2 Å². The van der Waals surface area contributed by atoms with E-state index in [9.17, 15) is 0 Å². The fourth-order valence-electron chi connectivity index (χ4n) is 2.32. The first-order valence-electron chi connectivity index (χ1n) is 7.23. The van der Waals surface area contributed by atoms with Gasteiger partial charge in [-0.1, -0.05) is 24.8 Å². The molecule has 0 amide bonds. The lowest BCUT2D eigenvalue weighted by atomic mass is 10.1. The fourth-order valence-corrected chi connectivity index (χ4v) is 2.32. The Morgan fingerprint density at radius 2 is 1.95 bits per heavy atom. The molecular formula is C18H24ClNO2. The van der Waals surface area contributed by atoms with Crippen LogP contribution in [0.1, 0.15) is 35.6 Å². The fraction of sp³-hybridized carbons (Fsp3) is 0.333. The Labute approximate surface area is 138 Å². The number of nitrogens with one attached hydrogen (secondary N) is 1. The Morgan fingerprint density at radius 1 is 1.27 bits per heavy atom. The molecule has 2 rings (SSSR count). The van der Waals surface area contributed by atoms with E-state index in [1.807, 2.05) is 26.0 Å². The normalized spacial score (nSPS) is 11.6. The van der Waals surface area contributed by atoms with Gasteiger partial charge in [-0.25, -0.2) is 0 Å². The number of aryl methyl sites for hydroxylation is 2. The molecule has 1 atom stereocenters. The Bertz CT molecular complexity index is 590. The summed E-state index contributed by atoms with van der Waals surface area (Å²) < 4.78 is 11.0. The molecule has 0 saturated heterocycles. The van der Waals surface area contributed by atoms with E-state index >= 15 is 0 Å². The van der Waals surface area contributed by atoms with Gasteiger partial charge < -0.3 is 14.5 Å². The van der Waals surface area contributed by atoms with Crippen molar-refractivity contribution < 1.29 is 9.15 Å². The van der Waals surface area contributed by atoms with E-state index in [1.54, 1.807) is 6.08 Å². The highest BCUT2D eigenvalue weighted by molar-refractivity contribution is 5.85. The number of furan rings is 1. The zero-order valence-electron chi connectivity index (χ0n) is 13.4. The second-order valence-electron chi connectivity index (χ2n) is 5.21. The van der Waals surface area contributed by atoms with Gasteiger partial charge in [-0.2, -0.15) is 0 Å². The molecule has 1 unspecified atom stereocenters. The van der Waals surface area contributed by atoms with Gasteiger partial charge in [0.25, 0.3) is 0 Å².